The molecule has 0 unspecified atom stereocenters. The fraction of sp³-hybridized carbons (Fsp3) is 0.474. The van der Waals surface area contributed by atoms with Crippen molar-refractivity contribution in [1.29, 1.82) is 0 Å². The third kappa shape index (κ3) is 5.06. The summed E-state index contributed by atoms with van der Waals surface area (Å²) in [5.41, 5.74) is 3.48. The number of aromatic nitrogens is 2. The van der Waals surface area contributed by atoms with E-state index in [1.165, 1.54) is 0 Å². The molecule has 2 N–H and O–H groups in total. The molecule has 2 aromatic rings. The Labute approximate surface area is 149 Å². The van der Waals surface area contributed by atoms with Crippen LogP contribution >= 0.6 is 0 Å². The van der Waals surface area contributed by atoms with E-state index in [1.54, 1.807) is 4.90 Å². The molecule has 0 aliphatic heterocycles. The summed E-state index contributed by atoms with van der Waals surface area (Å²) in [4.78, 5) is 14.3. The predicted molar refractivity (Wildman–Crippen MR) is 100 cm³/mol. The Bertz CT molecular complexity index is 696. The molecular weight excluding hydrogens is 316 g/mol. The lowest BCUT2D eigenvalue weighted by molar-refractivity contribution is 0.187. The second-order valence-electron chi connectivity index (χ2n) is 6.20. The second kappa shape index (κ2) is 9.22. The predicted octanol–water partition coefficient (Wildman–Crippen LogP) is 3.51. The topological polar surface area (TPSA) is 70.4 Å². The summed E-state index contributed by atoms with van der Waals surface area (Å²) in [5.74, 6) is 0. The van der Waals surface area contributed by atoms with Crippen LogP contribution < -0.4 is 5.32 Å². The summed E-state index contributed by atoms with van der Waals surface area (Å²) in [6.45, 7) is 6.99. The monoisotopic (exact) mass is 344 g/mol. The van der Waals surface area contributed by atoms with E-state index < -0.39 is 0 Å². The number of benzene rings is 1. The minimum absolute atomic E-state index is 0.0430. The van der Waals surface area contributed by atoms with Gasteiger partial charge in [0.05, 0.1) is 23.7 Å². The molecule has 1 heterocycles. The number of rotatable bonds is 8. The lowest BCUT2D eigenvalue weighted by Crippen LogP contribution is -2.38. The van der Waals surface area contributed by atoms with E-state index >= 15 is 0 Å². The third-order valence-corrected chi connectivity index (χ3v) is 4.07. The van der Waals surface area contributed by atoms with Gasteiger partial charge in [0.25, 0.3) is 0 Å². The number of anilines is 1. The summed E-state index contributed by atoms with van der Waals surface area (Å²) in [6.07, 6.45) is 3.09. The molecule has 0 saturated carbocycles. The van der Waals surface area contributed by atoms with Crippen LogP contribution in [0.15, 0.2) is 30.3 Å². The molecule has 0 aliphatic rings. The summed E-state index contributed by atoms with van der Waals surface area (Å²) >= 11 is 0. The van der Waals surface area contributed by atoms with Crippen LogP contribution in [0.5, 0.6) is 0 Å². The molecule has 6 nitrogen and oxygen atoms in total. The summed E-state index contributed by atoms with van der Waals surface area (Å²) < 4.78 is 1.83. The first-order valence-electron chi connectivity index (χ1n) is 8.86. The van der Waals surface area contributed by atoms with Crippen LogP contribution in [0.2, 0.25) is 0 Å². The molecule has 2 amide bonds. The van der Waals surface area contributed by atoms with Gasteiger partial charge in [-0.05, 0) is 38.5 Å². The van der Waals surface area contributed by atoms with Gasteiger partial charge in [-0.2, -0.15) is 5.10 Å². The van der Waals surface area contributed by atoms with Crippen molar-refractivity contribution >= 4 is 11.7 Å². The third-order valence-electron chi connectivity index (χ3n) is 4.07. The average Bonchev–Trinajstić information content (AvgIpc) is 2.93. The molecule has 0 atom stereocenters. The maximum Gasteiger partial charge on any atom is 0.321 e. The number of carbonyl (C=O) groups is 1. The van der Waals surface area contributed by atoms with Gasteiger partial charge in [0.1, 0.15) is 0 Å². The summed E-state index contributed by atoms with van der Waals surface area (Å²) in [5, 5.41) is 16.7. The van der Waals surface area contributed by atoms with Gasteiger partial charge in [-0.25, -0.2) is 9.48 Å². The number of para-hydroxylation sites is 2. The zero-order valence-electron chi connectivity index (χ0n) is 15.3. The fourth-order valence-corrected chi connectivity index (χ4v) is 2.82. The minimum atomic E-state index is -0.195. The van der Waals surface area contributed by atoms with Crippen LogP contribution in [0.3, 0.4) is 0 Å². The lowest BCUT2D eigenvalue weighted by Gasteiger charge is -2.23. The van der Waals surface area contributed by atoms with Crippen molar-refractivity contribution in [1.82, 2.24) is 14.7 Å². The van der Waals surface area contributed by atoms with Gasteiger partial charge in [0.15, 0.2) is 0 Å². The zero-order valence-corrected chi connectivity index (χ0v) is 15.3. The maximum absolute atomic E-state index is 12.6. The van der Waals surface area contributed by atoms with Crippen molar-refractivity contribution in [2.24, 2.45) is 0 Å². The van der Waals surface area contributed by atoms with E-state index in [-0.39, 0.29) is 12.6 Å². The van der Waals surface area contributed by atoms with E-state index in [0.29, 0.717) is 18.8 Å². The highest BCUT2D eigenvalue weighted by Gasteiger charge is 2.16. The molecule has 6 heteroatoms. The fourth-order valence-electron chi connectivity index (χ4n) is 2.82. The van der Waals surface area contributed by atoms with Gasteiger partial charge in [-0.3, -0.25) is 0 Å². The van der Waals surface area contributed by atoms with Crippen LogP contribution in [-0.4, -0.2) is 45.5 Å². The molecule has 25 heavy (non-hydrogen) atoms. The van der Waals surface area contributed by atoms with Crippen molar-refractivity contribution in [2.75, 3.05) is 25.0 Å². The number of hydrogen-bond acceptors (Lipinski definition) is 3. The molecule has 136 valence electrons. The number of aryl methyl sites for hydroxylation is 2. The normalized spacial score (nSPS) is 10.7. The highest BCUT2D eigenvalue weighted by molar-refractivity contribution is 5.91. The smallest absolute Gasteiger partial charge is 0.321 e. The number of unbranched alkanes of at least 4 members (excludes halogenated alkanes) is 2. The number of nitrogens with zero attached hydrogens (tertiary/aromatic N) is 3. The van der Waals surface area contributed by atoms with Crippen molar-refractivity contribution in [3.05, 3.63) is 41.7 Å². The SMILES string of the molecule is CCCCCN(CCO)C(=O)Nc1ccccc1-n1nc(C)cc1C. The molecule has 0 spiro atoms. The molecule has 0 radical (unpaired) electrons. The van der Waals surface area contributed by atoms with Crippen molar-refractivity contribution < 1.29 is 9.90 Å². The van der Waals surface area contributed by atoms with Crippen molar-refractivity contribution in [3.63, 3.8) is 0 Å². The van der Waals surface area contributed by atoms with Crippen molar-refractivity contribution in [3.8, 4) is 5.69 Å². The zero-order chi connectivity index (χ0) is 18.2. The molecule has 0 fully saturated rings. The standard InChI is InChI=1S/C19H28N4O2/c1-4-5-8-11-22(12-13-24)19(25)20-17-9-6-7-10-18(17)23-16(3)14-15(2)21-23/h6-7,9-10,14,24H,4-5,8,11-13H2,1-3H3,(H,20,25). The first-order valence-corrected chi connectivity index (χ1v) is 8.86. The van der Waals surface area contributed by atoms with Gasteiger partial charge in [0, 0.05) is 18.8 Å². The maximum atomic E-state index is 12.6. The van der Waals surface area contributed by atoms with Crippen LogP contribution in [0.4, 0.5) is 10.5 Å². The molecule has 1 aromatic heterocycles. The van der Waals surface area contributed by atoms with Gasteiger partial charge in [-0.1, -0.05) is 31.9 Å². The van der Waals surface area contributed by atoms with Crippen molar-refractivity contribution in [2.45, 2.75) is 40.0 Å². The second-order valence-corrected chi connectivity index (χ2v) is 6.20. The van der Waals surface area contributed by atoms with Crippen LogP contribution in [0, 0.1) is 13.8 Å². The van der Waals surface area contributed by atoms with E-state index in [4.69, 9.17) is 0 Å². The van der Waals surface area contributed by atoms with Crippen LogP contribution in [-0.2, 0) is 0 Å². The number of hydrogen-bond donors (Lipinski definition) is 2. The van der Waals surface area contributed by atoms with E-state index in [0.717, 1.165) is 36.3 Å². The van der Waals surface area contributed by atoms with Gasteiger partial charge in [0.2, 0.25) is 0 Å². The Morgan fingerprint density at radius 1 is 1.24 bits per heavy atom. The van der Waals surface area contributed by atoms with Gasteiger partial charge in [-0.15, -0.1) is 0 Å². The number of amides is 2. The number of carbonyl (C=O) groups excluding carboxylic acids is 1. The number of nitrogens with one attached hydrogen (secondary N) is 1. The highest BCUT2D eigenvalue weighted by Crippen LogP contribution is 2.22. The van der Waals surface area contributed by atoms with E-state index in [1.807, 2.05) is 48.9 Å². The number of aliphatic hydroxyl groups is 1. The largest absolute Gasteiger partial charge is 0.395 e. The molecule has 0 bridgehead atoms. The highest BCUT2D eigenvalue weighted by atomic mass is 16.3. The quantitative estimate of drug-likeness (QED) is 0.720. The molecule has 0 saturated heterocycles. The Morgan fingerprint density at radius 2 is 2.00 bits per heavy atom. The van der Waals surface area contributed by atoms with E-state index in [2.05, 4.69) is 17.3 Å². The van der Waals surface area contributed by atoms with Crippen LogP contribution in [0.1, 0.15) is 37.6 Å². The molecule has 0 aliphatic carbocycles. The Kier molecular flexibility index (Phi) is 7.01. The number of aliphatic hydroxyl groups excluding tert-OH is 1. The Hall–Kier alpha value is -2.34. The van der Waals surface area contributed by atoms with Gasteiger partial charge >= 0.3 is 6.03 Å². The Morgan fingerprint density at radius 3 is 2.64 bits per heavy atom. The first kappa shape index (κ1) is 19.0. The average molecular weight is 344 g/mol. The van der Waals surface area contributed by atoms with Crippen LogP contribution in [0.25, 0.3) is 5.69 Å². The molecular formula is C19H28N4O2. The summed E-state index contributed by atoms with van der Waals surface area (Å²) in [6, 6.07) is 9.42. The molecule has 2 rings (SSSR count). The Balaban J connectivity index is 2.18. The van der Waals surface area contributed by atoms with Gasteiger partial charge < -0.3 is 15.3 Å². The summed E-state index contributed by atoms with van der Waals surface area (Å²) in [7, 11) is 0. The molecule has 1 aromatic carbocycles. The minimum Gasteiger partial charge on any atom is -0.395 e. The number of urea groups is 1. The van der Waals surface area contributed by atoms with E-state index in [9.17, 15) is 9.90 Å². The lowest BCUT2D eigenvalue weighted by atomic mass is 10.2. The first-order chi connectivity index (χ1) is 12.1.